The van der Waals surface area contributed by atoms with Gasteiger partial charge in [-0.05, 0) is 44.8 Å². The van der Waals surface area contributed by atoms with E-state index >= 15 is 0 Å². The first-order valence-electron chi connectivity index (χ1n) is 7.35. The third kappa shape index (κ3) is 8.56. The summed E-state index contributed by atoms with van der Waals surface area (Å²) in [7, 11) is 0. The van der Waals surface area contributed by atoms with Crippen LogP contribution in [0.3, 0.4) is 0 Å². The van der Waals surface area contributed by atoms with E-state index in [0.717, 1.165) is 51.0 Å². The number of thioether (sulfide) groups is 1. The molecule has 0 atom stereocenters. The molecule has 0 aliphatic heterocycles. The van der Waals surface area contributed by atoms with Gasteiger partial charge in [0.2, 0.25) is 0 Å². The zero-order chi connectivity index (χ0) is 14.0. The maximum Gasteiger partial charge on any atom is 0.191 e. The maximum atomic E-state index is 5.46. The highest BCUT2D eigenvalue weighted by Gasteiger charge is 2.41. The van der Waals surface area contributed by atoms with Crippen LogP contribution >= 0.6 is 35.7 Å². The van der Waals surface area contributed by atoms with E-state index in [1.54, 1.807) is 0 Å². The second-order valence-electron chi connectivity index (χ2n) is 5.06. The predicted octanol–water partition coefficient (Wildman–Crippen LogP) is 2.73. The Hall–Kier alpha value is 0.310. The molecule has 0 amide bonds. The second-order valence-corrected chi connectivity index (χ2v) is 6.05. The van der Waals surface area contributed by atoms with Gasteiger partial charge in [0.25, 0.3) is 0 Å². The highest BCUT2D eigenvalue weighted by molar-refractivity contribution is 14.0. The molecular formula is C14H30IN3OS. The van der Waals surface area contributed by atoms with Crippen LogP contribution in [-0.2, 0) is 4.74 Å². The molecule has 2 N–H and O–H groups in total. The maximum absolute atomic E-state index is 5.46. The van der Waals surface area contributed by atoms with E-state index < -0.39 is 0 Å². The Balaban J connectivity index is 0.00000361. The van der Waals surface area contributed by atoms with E-state index in [4.69, 9.17) is 9.73 Å². The van der Waals surface area contributed by atoms with Gasteiger partial charge >= 0.3 is 0 Å². The van der Waals surface area contributed by atoms with E-state index in [-0.39, 0.29) is 24.0 Å². The minimum absolute atomic E-state index is 0. The van der Waals surface area contributed by atoms with Gasteiger partial charge < -0.3 is 15.4 Å². The molecule has 0 saturated heterocycles. The van der Waals surface area contributed by atoms with Crippen LogP contribution in [-0.4, -0.2) is 50.8 Å². The molecule has 0 aromatic carbocycles. The Morgan fingerprint density at radius 2 is 2.05 bits per heavy atom. The van der Waals surface area contributed by atoms with E-state index in [0.29, 0.717) is 5.41 Å². The fraction of sp³-hybridized carbons (Fsp3) is 0.929. The van der Waals surface area contributed by atoms with Crippen molar-refractivity contribution in [3.05, 3.63) is 0 Å². The summed E-state index contributed by atoms with van der Waals surface area (Å²) in [6.45, 7) is 8.66. The van der Waals surface area contributed by atoms with Gasteiger partial charge in [-0.2, -0.15) is 11.8 Å². The molecule has 1 saturated carbocycles. The van der Waals surface area contributed by atoms with Gasteiger partial charge in [0, 0.05) is 38.6 Å². The summed E-state index contributed by atoms with van der Waals surface area (Å²) in [6.07, 6.45) is 5.87. The second kappa shape index (κ2) is 11.9. The molecule has 0 radical (unpaired) electrons. The predicted molar refractivity (Wildman–Crippen MR) is 101 cm³/mol. The SMILES string of the molecule is CCNC(=NCC1(CCOCC)CC1)NCCSC.I. The Morgan fingerprint density at radius 3 is 2.60 bits per heavy atom. The fourth-order valence-electron chi connectivity index (χ4n) is 1.96. The molecule has 0 aromatic rings. The summed E-state index contributed by atoms with van der Waals surface area (Å²) < 4.78 is 5.46. The number of hydrogen-bond donors (Lipinski definition) is 2. The zero-order valence-corrected chi connectivity index (χ0v) is 16.2. The number of guanidine groups is 1. The Kier molecular flexibility index (Phi) is 12.1. The molecule has 1 rings (SSSR count). The van der Waals surface area contributed by atoms with Crippen molar-refractivity contribution in [2.75, 3.05) is 44.9 Å². The van der Waals surface area contributed by atoms with E-state index in [9.17, 15) is 0 Å². The standard InChI is InChI=1S/C14H29N3OS.HI/c1-4-15-13(16-9-11-19-3)17-12-14(6-7-14)8-10-18-5-2;/h4-12H2,1-3H3,(H2,15,16,17);1H. The van der Waals surface area contributed by atoms with Gasteiger partial charge in [-0.3, -0.25) is 4.99 Å². The molecular weight excluding hydrogens is 385 g/mol. The summed E-state index contributed by atoms with van der Waals surface area (Å²) in [5, 5.41) is 6.68. The molecule has 1 fully saturated rings. The molecule has 4 nitrogen and oxygen atoms in total. The van der Waals surface area contributed by atoms with Crippen LogP contribution in [0.15, 0.2) is 4.99 Å². The van der Waals surface area contributed by atoms with Crippen LogP contribution in [0.25, 0.3) is 0 Å². The minimum atomic E-state index is 0. The van der Waals surface area contributed by atoms with Crippen molar-refractivity contribution in [2.45, 2.75) is 33.1 Å². The van der Waals surface area contributed by atoms with Gasteiger partial charge in [-0.15, -0.1) is 24.0 Å². The Labute approximate surface area is 145 Å². The van der Waals surface area contributed by atoms with Crippen molar-refractivity contribution in [2.24, 2.45) is 10.4 Å². The first-order valence-corrected chi connectivity index (χ1v) is 8.74. The lowest BCUT2D eigenvalue weighted by Gasteiger charge is -2.15. The van der Waals surface area contributed by atoms with E-state index in [2.05, 4.69) is 30.7 Å². The lowest BCUT2D eigenvalue weighted by atomic mass is 10.0. The van der Waals surface area contributed by atoms with Crippen molar-refractivity contribution < 1.29 is 4.74 Å². The largest absolute Gasteiger partial charge is 0.382 e. The van der Waals surface area contributed by atoms with Crippen molar-refractivity contribution in [3.8, 4) is 0 Å². The van der Waals surface area contributed by atoms with E-state index in [1.807, 2.05) is 11.8 Å². The molecule has 1 aliphatic carbocycles. The van der Waals surface area contributed by atoms with Gasteiger partial charge in [0.15, 0.2) is 5.96 Å². The first-order chi connectivity index (χ1) is 9.26. The Bertz CT molecular complexity index is 273. The van der Waals surface area contributed by atoms with Crippen molar-refractivity contribution in [3.63, 3.8) is 0 Å². The lowest BCUT2D eigenvalue weighted by molar-refractivity contribution is 0.129. The number of aliphatic imine (C=N–C) groups is 1. The number of halogens is 1. The first kappa shape index (κ1) is 20.3. The molecule has 0 aromatic heterocycles. The van der Waals surface area contributed by atoms with Crippen LogP contribution in [0.4, 0.5) is 0 Å². The molecule has 120 valence electrons. The average Bonchev–Trinajstić information content (AvgIpc) is 3.17. The van der Waals surface area contributed by atoms with Crippen LogP contribution < -0.4 is 10.6 Å². The molecule has 20 heavy (non-hydrogen) atoms. The summed E-state index contributed by atoms with van der Waals surface area (Å²) in [5.41, 5.74) is 0.428. The smallest absolute Gasteiger partial charge is 0.191 e. The van der Waals surface area contributed by atoms with Crippen molar-refractivity contribution >= 4 is 41.7 Å². The normalized spacial score (nSPS) is 16.4. The van der Waals surface area contributed by atoms with Crippen LogP contribution in [0.2, 0.25) is 0 Å². The highest BCUT2D eigenvalue weighted by atomic mass is 127. The number of hydrogen-bond acceptors (Lipinski definition) is 3. The van der Waals surface area contributed by atoms with Crippen LogP contribution in [0, 0.1) is 5.41 Å². The fourth-order valence-corrected chi connectivity index (χ4v) is 2.26. The third-order valence-corrected chi connectivity index (χ3v) is 4.07. The summed E-state index contributed by atoms with van der Waals surface area (Å²) in [6, 6.07) is 0. The highest BCUT2D eigenvalue weighted by Crippen LogP contribution is 2.48. The summed E-state index contributed by atoms with van der Waals surface area (Å²) in [4.78, 5) is 4.73. The van der Waals surface area contributed by atoms with Gasteiger partial charge in [-0.25, -0.2) is 0 Å². The molecule has 0 unspecified atom stereocenters. The van der Waals surface area contributed by atoms with Gasteiger partial charge in [0.1, 0.15) is 0 Å². The molecule has 6 heteroatoms. The lowest BCUT2D eigenvalue weighted by Crippen LogP contribution is -2.38. The van der Waals surface area contributed by atoms with Gasteiger partial charge in [0.05, 0.1) is 0 Å². The van der Waals surface area contributed by atoms with Crippen molar-refractivity contribution in [1.29, 1.82) is 0 Å². The molecule has 0 bridgehead atoms. The molecule has 0 spiro atoms. The third-order valence-electron chi connectivity index (χ3n) is 3.45. The molecule has 0 heterocycles. The number of nitrogens with zero attached hydrogens (tertiary/aromatic N) is 1. The van der Waals surface area contributed by atoms with Gasteiger partial charge in [-0.1, -0.05) is 0 Å². The number of nitrogens with one attached hydrogen (secondary N) is 2. The van der Waals surface area contributed by atoms with Crippen LogP contribution in [0.1, 0.15) is 33.1 Å². The minimum Gasteiger partial charge on any atom is -0.382 e. The zero-order valence-electron chi connectivity index (χ0n) is 13.0. The number of rotatable bonds is 10. The van der Waals surface area contributed by atoms with Crippen LogP contribution in [0.5, 0.6) is 0 Å². The summed E-state index contributed by atoms with van der Waals surface area (Å²) in [5.74, 6) is 2.07. The quantitative estimate of drug-likeness (QED) is 0.249. The van der Waals surface area contributed by atoms with Crippen molar-refractivity contribution in [1.82, 2.24) is 10.6 Å². The van der Waals surface area contributed by atoms with E-state index in [1.165, 1.54) is 12.8 Å². The average molecular weight is 415 g/mol. The monoisotopic (exact) mass is 415 g/mol. The molecule has 1 aliphatic rings. The summed E-state index contributed by atoms with van der Waals surface area (Å²) >= 11 is 1.85. The topological polar surface area (TPSA) is 45.7 Å². The number of ether oxygens (including phenoxy) is 1. The Morgan fingerprint density at radius 1 is 1.30 bits per heavy atom.